The van der Waals surface area contributed by atoms with E-state index in [9.17, 15) is 0 Å². The number of halogens is 2. The van der Waals surface area contributed by atoms with Crippen molar-refractivity contribution in [2.45, 2.75) is 26.7 Å². The Morgan fingerprint density at radius 1 is 1.32 bits per heavy atom. The zero-order chi connectivity index (χ0) is 14.3. The first-order valence-corrected chi connectivity index (χ1v) is 7.24. The summed E-state index contributed by atoms with van der Waals surface area (Å²) in [5, 5.41) is 11.5. The molecule has 0 atom stereocenters. The van der Waals surface area contributed by atoms with E-state index in [1.807, 2.05) is 32.0 Å². The van der Waals surface area contributed by atoms with Crippen molar-refractivity contribution >= 4 is 33.4 Å². The molecule has 0 bridgehead atoms. The molecule has 2 N–H and O–H groups in total. The molecule has 1 aromatic rings. The quantitative estimate of drug-likeness (QED) is 0.449. The van der Waals surface area contributed by atoms with Gasteiger partial charge in [-0.25, -0.2) is 0 Å². The highest BCUT2D eigenvalue weighted by Crippen LogP contribution is 2.19. The normalized spacial score (nSPS) is 10.8. The molecule has 0 saturated heterocycles. The Kier molecular flexibility index (Phi) is 7.38. The zero-order valence-electron chi connectivity index (χ0n) is 11.0. The molecule has 106 valence electrons. The molecule has 0 amide bonds. The van der Waals surface area contributed by atoms with Crippen LogP contribution in [0.4, 0.5) is 0 Å². The van der Waals surface area contributed by atoms with Crippen molar-refractivity contribution in [1.82, 2.24) is 5.32 Å². The van der Waals surface area contributed by atoms with Crippen molar-refractivity contribution in [3.63, 3.8) is 0 Å². The lowest BCUT2D eigenvalue weighted by atomic mass is 10.2. The van der Waals surface area contributed by atoms with E-state index in [1.165, 1.54) is 0 Å². The van der Waals surface area contributed by atoms with E-state index < -0.39 is 6.29 Å². The molecule has 0 spiro atoms. The average molecular weight is 350 g/mol. The second kappa shape index (κ2) is 8.53. The summed E-state index contributed by atoms with van der Waals surface area (Å²) in [4.78, 5) is 0. The van der Waals surface area contributed by atoms with Gasteiger partial charge in [0.2, 0.25) is 6.29 Å². The van der Waals surface area contributed by atoms with Gasteiger partial charge in [-0.05, 0) is 37.6 Å². The van der Waals surface area contributed by atoms with Crippen LogP contribution in [0.25, 0.3) is 0 Å². The van der Waals surface area contributed by atoms with Gasteiger partial charge < -0.3 is 14.8 Å². The fourth-order valence-corrected chi connectivity index (χ4v) is 2.44. The van der Waals surface area contributed by atoms with E-state index in [0.29, 0.717) is 24.8 Å². The molecule has 4 nitrogen and oxygen atoms in total. The molecule has 0 saturated carbocycles. The molecule has 0 aliphatic carbocycles. The first kappa shape index (κ1) is 16.4. The molecular formula is C13H18BrClN2O2. The van der Waals surface area contributed by atoms with Crippen LogP contribution < -0.4 is 5.32 Å². The fraction of sp³-hybridized carbons (Fsp3) is 0.462. The molecule has 1 rings (SSSR count). The van der Waals surface area contributed by atoms with Crippen LogP contribution in [0, 0.1) is 5.41 Å². The average Bonchev–Trinajstić information content (AvgIpc) is 2.34. The Balaban J connectivity index is 2.56. The Morgan fingerprint density at radius 2 is 1.95 bits per heavy atom. The van der Waals surface area contributed by atoms with E-state index in [1.54, 1.807) is 0 Å². The van der Waals surface area contributed by atoms with Crippen LogP contribution in [0.15, 0.2) is 22.7 Å². The van der Waals surface area contributed by atoms with Gasteiger partial charge in [0.25, 0.3) is 0 Å². The summed E-state index contributed by atoms with van der Waals surface area (Å²) in [7, 11) is 0. The molecular weight excluding hydrogens is 332 g/mol. The van der Waals surface area contributed by atoms with Crippen LogP contribution in [-0.4, -0.2) is 25.3 Å². The third kappa shape index (κ3) is 5.91. The summed E-state index contributed by atoms with van der Waals surface area (Å²) in [6, 6.07) is 5.62. The van der Waals surface area contributed by atoms with Gasteiger partial charge in [-0.15, -0.1) is 0 Å². The SMILES string of the molecule is CCOC(OCC)C(=N)NCc1cc(Cl)cc(Br)c1. The minimum absolute atomic E-state index is 0.208. The van der Waals surface area contributed by atoms with Crippen LogP contribution in [0.3, 0.4) is 0 Å². The third-order valence-corrected chi connectivity index (χ3v) is 2.95. The van der Waals surface area contributed by atoms with Crippen molar-refractivity contribution < 1.29 is 9.47 Å². The van der Waals surface area contributed by atoms with Gasteiger partial charge in [-0.2, -0.15) is 0 Å². The van der Waals surface area contributed by atoms with Gasteiger partial charge in [-0.3, -0.25) is 5.41 Å². The number of ether oxygens (including phenoxy) is 2. The lowest BCUT2D eigenvalue weighted by molar-refractivity contribution is -0.0923. The number of nitrogens with one attached hydrogen (secondary N) is 2. The Labute approximate surface area is 127 Å². The molecule has 0 aliphatic heterocycles. The smallest absolute Gasteiger partial charge is 0.216 e. The molecule has 0 aromatic heterocycles. The number of hydrogen-bond acceptors (Lipinski definition) is 3. The molecule has 19 heavy (non-hydrogen) atoms. The maximum atomic E-state index is 7.90. The number of amidine groups is 1. The summed E-state index contributed by atoms with van der Waals surface area (Å²) in [5.41, 5.74) is 0.982. The van der Waals surface area contributed by atoms with Crippen LogP contribution >= 0.6 is 27.5 Å². The topological polar surface area (TPSA) is 54.3 Å². The fourth-order valence-electron chi connectivity index (χ4n) is 1.51. The first-order valence-electron chi connectivity index (χ1n) is 6.07. The minimum atomic E-state index is -0.641. The molecule has 0 radical (unpaired) electrons. The van der Waals surface area contributed by atoms with Gasteiger partial charge in [0, 0.05) is 29.3 Å². The number of benzene rings is 1. The number of rotatable bonds is 7. The summed E-state index contributed by atoms with van der Waals surface area (Å²) in [6.45, 7) is 5.23. The third-order valence-electron chi connectivity index (χ3n) is 2.28. The van der Waals surface area contributed by atoms with Gasteiger partial charge in [0.15, 0.2) is 5.84 Å². The Morgan fingerprint density at radius 3 is 2.47 bits per heavy atom. The maximum absolute atomic E-state index is 7.90. The van der Waals surface area contributed by atoms with E-state index in [-0.39, 0.29) is 5.84 Å². The standard InChI is InChI=1S/C13H18BrClN2O2/c1-3-18-13(19-4-2)12(16)17-8-9-5-10(14)7-11(15)6-9/h5-7,13H,3-4,8H2,1-2H3,(H2,16,17). The highest BCUT2D eigenvalue weighted by molar-refractivity contribution is 9.10. The monoisotopic (exact) mass is 348 g/mol. The van der Waals surface area contributed by atoms with Crippen LogP contribution in [-0.2, 0) is 16.0 Å². The molecule has 6 heteroatoms. The van der Waals surface area contributed by atoms with E-state index in [2.05, 4.69) is 21.2 Å². The predicted molar refractivity (Wildman–Crippen MR) is 80.8 cm³/mol. The predicted octanol–water partition coefficient (Wildman–Crippen LogP) is 3.57. The van der Waals surface area contributed by atoms with Crippen LogP contribution in [0.5, 0.6) is 0 Å². The highest BCUT2D eigenvalue weighted by atomic mass is 79.9. The van der Waals surface area contributed by atoms with Crippen molar-refractivity contribution in [1.29, 1.82) is 5.41 Å². The van der Waals surface area contributed by atoms with E-state index in [0.717, 1.165) is 10.0 Å². The van der Waals surface area contributed by atoms with Gasteiger partial charge in [0.05, 0.1) is 0 Å². The Bertz CT molecular complexity index is 403. The van der Waals surface area contributed by atoms with Crippen LogP contribution in [0.2, 0.25) is 5.02 Å². The minimum Gasteiger partial charge on any atom is -0.366 e. The molecule has 0 fully saturated rings. The highest BCUT2D eigenvalue weighted by Gasteiger charge is 2.14. The Hall–Kier alpha value is -0.620. The lowest BCUT2D eigenvalue weighted by Crippen LogP contribution is -2.37. The zero-order valence-corrected chi connectivity index (χ0v) is 13.3. The summed E-state index contributed by atoms with van der Waals surface area (Å²) < 4.78 is 11.6. The first-order chi connectivity index (χ1) is 9.06. The largest absolute Gasteiger partial charge is 0.366 e. The van der Waals surface area contributed by atoms with Crippen molar-refractivity contribution in [3.05, 3.63) is 33.3 Å². The van der Waals surface area contributed by atoms with Crippen molar-refractivity contribution in [3.8, 4) is 0 Å². The van der Waals surface area contributed by atoms with Gasteiger partial charge in [-0.1, -0.05) is 27.5 Å². The van der Waals surface area contributed by atoms with Crippen molar-refractivity contribution in [2.24, 2.45) is 0 Å². The molecule has 1 aromatic carbocycles. The van der Waals surface area contributed by atoms with E-state index >= 15 is 0 Å². The second-order valence-electron chi connectivity index (χ2n) is 3.79. The molecule has 0 aliphatic rings. The maximum Gasteiger partial charge on any atom is 0.216 e. The van der Waals surface area contributed by atoms with Gasteiger partial charge in [0.1, 0.15) is 0 Å². The van der Waals surface area contributed by atoms with Crippen LogP contribution in [0.1, 0.15) is 19.4 Å². The van der Waals surface area contributed by atoms with Gasteiger partial charge >= 0.3 is 0 Å². The second-order valence-corrected chi connectivity index (χ2v) is 5.14. The summed E-state index contributed by atoms with van der Waals surface area (Å²) >= 11 is 9.35. The summed E-state index contributed by atoms with van der Waals surface area (Å²) in [5.74, 6) is 0.208. The summed E-state index contributed by atoms with van der Waals surface area (Å²) in [6.07, 6.45) is -0.641. The molecule has 0 heterocycles. The molecule has 0 unspecified atom stereocenters. The number of hydrogen-bond donors (Lipinski definition) is 2. The van der Waals surface area contributed by atoms with Crippen molar-refractivity contribution in [2.75, 3.05) is 13.2 Å². The van der Waals surface area contributed by atoms with E-state index in [4.69, 9.17) is 26.5 Å². The lowest BCUT2D eigenvalue weighted by Gasteiger charge is -2.19.